The zero-order valence-corrected chi connectivity index (χ0v) is 20.0. The number of aliphatic hydroxyl groups is 2. The van der Waals surface area contributed by atoms with Crippen LogP contribution in [-0.4, -0.2) is 38.8 Å². The van der Waals surface area contributed by atoms with E-state index in [1.807, 2.05) is 25.1 Å². The van der Waals surface area contributed by atoms with Gasteiger partial charge in [0, 0.05) is 41.2 Å². The third-order valence-electron chi connectivity index (χ3n) is 6.19. The predicted octanol–water partition coefficient (Wildman–Crippen LogP) is 3.69. The van der Waals surface area contributed by atoms with Crippen LogP contribution in [0.3, 0.4) is 0 Å². The van der Waals surface area contributed by atoms with Crippen molar-refractivity contribution in [1.29, 1.82) is 0 Å². The Morgan fingerprint density at radius 2 is 1.86 bits per heavy atom. The number of nitrogens with one attached hydrogen (secondary N) is 3. The van der Waals surface area contributed by atoms with Crippen LogP contribution in [-0.2, 0) is 19.6 Å². The lowest BCUT2D eigenvalue weighted by atomic mass is 10.0. The fourth-order valence-electron chi connectivity index (χ4n) is 4.14. The largest absolute Gasteiger partial charge is 0.508 e. The monoisotopic (exact) mass is 491 g/mol. The van der Waals surface area contributed by atoms with Gasteiger partial charge in [-0.05, 0) is 60.9 Å². The normalized spacial score (nSPS) is 13.0. The lowest BCUT2D eigenvalue weighted by molar-refractivity contribution is 0.0946. The number of aromatic nitrogens is 1. The average Bonchev–Trinajstić information content (AvgIpc) is 3.30. The lowest BCUT2D eigenvalue weighted by Gasteiger charge is -2.18. The third kappa shape index (κ3) is 6.09. The molecule has 0 saturated heterocycles. The standard InChI is InChI=1S/C28H30FN3O4/c1-17(30-15-27(35)19-7-9-26(34)22(12-19)16-33)10-18-6-8-24-21(11-18)13-25(32-24)28(36)31-14-20-4-2-3-5-23(20)29/h2-9,11-13,17,27,30,32-35H,10,14-16H2,1H3,(H,31,36)/t17?,27-/m0/s1. The first kappa shape index (κ1) is 25.4. The van der Waals surface area contributed by atoms with Gasteiger partial charge in [-0.3, -0.25) is 4.79 Å². The molecule has 3 aromatic carbocycles. The van der Waals surface area contributed by atoms with E-state index < -0.39 is 6.10 Å². The van der Waals surface area contributed by atoms with Gasteiger partial charge in [0.15, 0.2) is 0 Å². The number of phenols is 1. The van der Waals surface area contributed by atoms with E-state index in [0.717, 1.165) is 16.5 Å². The highest BCUT2D eigenvalue weighted by molar-refractivity contribution is 5.98. The topological polar surface area (TPSA) is 118 Å². The SMILES string of the molecule is CC(Cc1ccc2[nH]c(C(=O)NCc3ccccc3F)cc2c1)NC[C@H](O)c1ccc(O)c(CO)c1. The number of hydrogen-bond acceptors (Lipinski definition) is 5. The van der Waals surface area contributed by atoms with E-state index in [-0.39, 0.29) is 36.7 Å². The van der Waals surface area contributed by atoms with Crippen molar-refractivity contribution in [2.75, 3.05) is 6.54 Å². The molecule has 0 aliphatic heterocycles. The second-order valence-corrected chi connectivity index (χ2v) is 8.95. The van der Waals surface area contributed by atoms with E-state index in [9.17, 15) is 24.5 Å². The Labute approximate surface area is 208 Å². The fourth-order valence-corrected chi connectivity index (χ4v) is 4.14. The Kier molecular flexibility index (Phi) is 8.00. The molecule has 4 rings (SSSR count). The number of rotatable bonds is 10. The van der Waals surface area contributed by atoms with Crippen LogP contribution in [0.5, 0.6) is 5.75 Å². The maximum Gasteiger partial charge on any atom is 0.267 e. The van der Waals surface area contributed by atoms with Crippen LogP contribution in [0, 0.1) is 5.82 Å². The molecule has 0 bridgehead atoms. The molecule has 188 valence electrons. The number of H-pyrrole nitrogens is 1. The Balaban J connectivity index is 1.33. The number of aromatic hydroxyl groups is 1. The highest BCUT2D eigenvalue weighted by Crippen LogP contribution is 2.23. The summed E-state index contributed by atoms with van der Waals surface area (Å²) in [6.45, 7) is 2.14. The average molecular weight is 492 g/mol. The predicted molar refractivity (Wildman–Crippen MR) is 136 cm³/mol. The van der Waals surface area contributed by atoms with Gasteiger partial charge in [0.25, 0.3) is 5.91 Å². The molecule has 6 N–H and O–H groups in total. The van der Waals surface area contributed by atoms with Crippen molar-refractivity contribution in [2.24, 2.45) is 0 Å². The van der Waals surface area contributed by atoms with E-state index >= 15 is 0 Å². The van der Waals surface area contributed by atoms with Crippen molar-refractivity contribution in [3.63, 3.8) is 0 Å². The van der Waals surface area contributed by atoms with E-state index in [0.29, 0.717) is 35.3 Å². The molecule has 1 unspecified atom stereocenters. The first-order chi connectivity index (χ1) is 17.3. The van der Waals surface area contributed by atoms with E-state index in [2.05, 4.69) is 15.6 Å². The smallest absolute Gasteiger partial charge is 0.267 e. The molecule has 36 heavy (non-hydrogen) atoms. The van der Waals surface area contributed by atoms with Gasteiger partial charge >= 0.3 is 0 Å². The summed E-state index contributed by atoms with van der Waals surface area (Å²) in [5.41, 5.74) is 3.73. The quantitative estimate of drug-likeness (QED) is 0.202. The second-order valence-electron chi connectivity index (χ2n) is 8.95. The summed E-state index contributed by atoms with van der Waals surface area (Å²) in [6, 6.07) is 18.8. The zero-order chi connectivity index (χ0) is 25.7. The summed E-state index contributed by atoms with van der Waals surface area (Å²) in [4.78, 5) is 15.7. The van der Waals surface area contributed by atoms with Crippen LogP contribution < -0.4 is 10.6 Å². The molecule has 0 aliphatic carbocycles. The lowest BCUT2D eigenvalue weighted by Crippen LogP contribution is -2.32. The highest BCUT2D eigenvalue weighted by atomic mass is 19.1. The number of amides is 1. The highest BCUT2D eigenvalue weighted by Gasteiger charge is 2.14. The van der Waals surface area contributed by atoms with Gasteiger partial charge in [-0.2, -0.15) is 0 Å². The van der Waals surface area contributed by atoms with Crippen molar-refractivity contribution in [2.45, 2.75) is 38.6 Å². The summed E-state index contributed by atoms with van der Waals surface area (Å²) < 4.78 is 13.8. The number of benzene rings is 3. The molecule has 0 spiro atoms. The summed E-state index contributed by atoms with van der Waals surface area (Å²) >= 11 is 0. The fraction of sp³-hybridized carbons (Fsp3) is 0.250. The van der Waals surface area contributed by atoms with Gasteiger partial charge in [0.05, 0.1) is 12.7 Å². The van der Waals surface area contributed by atoms with Crippen LogP contribution in [0.4, 0.5) is 4.39 Å². The number of halogens is 1. The summed E-state index contributed by atoms with van der Waals surface area (Å²) in [6.07, 6.45) is -0.0731. The molecule has 4 aromatic rings. The minimum Gasteiger partial charge on any atom is -0.508 e. The molecule has 1 heterocycles. The molecule has 1 amide bonds. The number of aliphatic hydroxyl groups excluding tert-OH is 2. The van der Waals surface area contributed by atoms with Gasteiger partial charge in [-0.25, -0.2) is 4.39 Å². The van der Waals surface area contributed by atoms with E-state index in [4.69, 9.17) is 0 Å². The molecule has 0 aliphatic rings. The van der Waals surface area contributed by atoms with Gasteiger partial charge in [0.1, 0.15) is 17.3 Å². The van der Waals surface area contributed by atoms with Crippen molar-refractivity contribution >= 4 is 16.8 Å². The van der Waals surface area contributed by atoms with E-state index in [1.165, 1.54) is 12.1 Å². The molecule has 2 atom stereocenters. The van der Waals surface area contributed by atoms with Crippen LogP contribution in [0.1, 0.15) is 45.8 Å². The molecule has 0 fully saturated rings. The molecule has 8 heteroatoms. The van der Waals surface area contributed by atoms with Gasteiger partial charge in [-0.1, -0.05) is 30.3 Å². The maximum atomic E-state index is 13.8. The van der Waals surface area contributed by atoms with Crippen LogP contribution in [0.2, 0.25) is 0 Å². The van der Waals surface area contributed by atoms with Crippen LogP contribution in [0.25, 0.3) is 10.9 Å². The minimum atomic E-state index is -0.782. The number of fused-ring (bicyclic) bond motifs is 1. The second kappa shape index (κ2) is 11.3. The minimum absolute atomic E-state index is 0.000608. The van der Waals surface area contributed by atoms with Crippen LogP contribution >= 0.6 is 0 Å². The molecule has 0 radical (unpaired) electrons. The number of carbonyl (C=O) groups excluding carboxylic acids is 1. The Bertz CT molecular complexity index is 1350. The molecule has 0 saturated carbocycles. The molecular weight excluding hydrogens is 461 g/mol. The van der Waals surface area contributed by atoms with Crippen molar-refractivity contribution < 1.29 is 24.5 Å². The van der Waals surface area contributed by atoms with Gasteiger partial charge in [0.2, 0.25) is 0 Å². The molecule has 7 nitrogen and oxygen atoms in total. The molecule has 1 aromatic heterocycles. The summed E-state index contributed by atoms with van der Waals surface area (Å²) in [5.74, 6) is -0.661. The first-order valence-corrected chi connectivity index (χ1v) is 11.8. The molecular formula is C28H30FN3O4. The Morgan fingerprint density at radius 1 is 1.06 bits per heavy atom. The van der Waals surface area contributed by atoms with Gasteiger partial charge < -0.3 is 30.9 Å². The van der Waals surface area contributed by atoms with E-state index in [1.54, 1.807) is 36.4 Å². The number of aromatic amines is 1. The first-order valence-electron chi connectivity index (χ1n) is 11.8. The van der Waals surface area contributed by atoms with Crippen molar-refractivity contribution in [3.05, 3.63) is 100 Å². The summed E-state index contributed by atoms with van der Waals surface area (Å²) in [5, 5.41) is 36.4. The number of carbonyl (C=O) groups is 1. The van der Waals surface area contributed by atoms with Crippen molar-refractivity contribution in [1.82, 2.24) is 15.6 Å². The zero-order valence-electron chi connectivity index (χ0n) is 20.0. The Morgan fingerprint density at radius 3 is 2.64 bits per heavy atom. The maximum absolute atomic E-state index is 13.8. The van der Waals surface area contributed by atoms with Crippen LogP contribution in [0.15, 0.2) is 66.7 Å². The van der Waals surface area contributed by atoms with Crippen molar-refractivity contribution in [3.8, 4) is 5.75 Å². The number of hydrogen-bond donors (Lipinski definition) is 6. The summed E-state index contributed by atoms with van der Waals surface area (Å²) in [7, 11) is 0. The van der Waals surface area contributed by atoms with Gasteiger partial charge in [-0.15, -0.1) is 0 Å². The third-order valence-corrected chi connectivity index (χ3v) is 6.19. The Hall–Kier alpha value is -3.72.